The van der Waals surface area contributed by atoms with Gasteiger partial charge in [0.25, 0.3) is 0 Å². The monoisotopic (exact) mass is 411 g/mol. The van der Waals surface area contributed by atoms with Crippen LogP contribution >= 0.6 is 0 Å². The van der Waals surface area contributed by atoms with Crippen LogP contribution in [0.3, 0.4) is 0 Å². The van der Waals surface area contributed by atoms with Gasteiger partial charge in [0.15, 0.2) is 11.6 Å². The first-order valence-electron chi connectivity index (χ1n) is 10.1. The van der Waals surface area contributed by atoms with Crippen LogP contribution in [0.2, 0.25) is 0 Å². The average Bonchev–Trinajstić information content (AvgIpc) is 3.30. The van der Waals surface area contributed by atoms with Gasteiger partial charge in [-0.3, -0.25) is 10.8 Å². The Morgan fingerprint density at radius 2 is 2.07 bits per heavy atom. The summed E-state index contributed by atoms with van der Waals surface area (Å²) in [5.74, 6) is 4.94. The molecule has 162 valence electrons. The number of hydrazine groups is 1. The van der Waals surface area contributed by atoms with E-state index >= 15 is 0 Å². The van der Waals surface area contributed by atoms with E-state index in [2.05, 4.69) is 4.99 Å². The highest BCUT2D eigenvalue weighted by Crippen LogP contribution is 2.43. The molecule has 1 aromatic carbocycles. The Morgan fingerprint density at radius 1 is 1.31 bits per heavy atom. The van der Waals surface area contributed by atoms with Crippen molar-refractivity contribution in [2.45, 2.75) is 68.8 Å². The van der Waals surface area contributed by atoms with Crippen molar-refractivity contribution in [2.24, 2.45) is 22.3 Å². The number of ether oxygens (including phenoxy) is 1. The highest BCUT2D eigenvalue weighted by Gasteiger charge is 2.40. The Morgan fingerprint density at radius 3 is 2.76 bits per heavy atom. The molecule has 0 radical (unpaired) electrons. The zero-order valence-corrected chi connectivity index (χ0v) is 16.7. The number of halogens is 2. The Labute approximate surface area is 169 Å². The van der Waals surface area contributed by atoms with Gasteiger partial charge in [0.1, 0.15) is 5.84 Å². The summed E-state index contributed by atoms with van der Waals surface area (Å²) in [6.07, 6.45) is 3.39. The van der Waals surface area contributed by atoms with Crippen LogP contribution in [0.1, 0.15) is 44.1 Å². The number of rotatable bonds is 9. The Balaban J connectivity index is 1.54. The van der Waals surface area contributed by atoms with Crippen molar-refractivity contribution in [3.05, 3.63) is 35.4 Å². The number of nitrogens with zero attached hydrogens (tertiary/aromatic N) is 2. The van der Waals surface area contributed by atoms with E-state index in [4.69, 9.17) is 27.2 Å². The summed E-state index contributed by atoms with van der Waals surface area (Å²) in [4.78, 5) is 4.50. The third-order valence-electron chi connectivity index (χ3n) is 6.00. The minimum atomic E-state index is -0.858. The van der Waals surface area contributed by atoms with E-state index in [0.717, 1.165) is 31.7 Å². The zero-order valence-electron chi connectivity index (χ0n) is 16.7. The molecular formula is C20H31F2N5O2. The summed E-state index contributed by atoms with van der Waals surface area (Å²) in [5, 5.41) is 10.6. The molecule has 0 aromatic heterocycles. The van der Waals surface area contributed by atoms with E-state index in [-0.39, 0.29) is 36.8 Å². The molecule has 2 saturated carbocycles. The minimum absolute atomic E-state index is 0.00844. The summed E-state index contributed by atoms with van der Waals surface area (Å²) in [5.41, 5.74) is 13.2. The number of aliphatic hydroxyl groups is 1. The maximum Gasteiger partial charge on any atom is 0.159 e. The first kappa shape index (κ1) is 22.0. The Hall–Kier alpha value is -1.65. The first-order valence-corrected chi connectivity index (χ1v) is 10.1. The molecule has 2 fully saturated rings. The van der Waals surface area contributed by atoms with Crippen LogP contribution < -0.4 is 17.3 Å². The molecule has 7 N–H and O–H groups in total. The quantitative estimate of drug-likeness (QED) is 0.208. The summed E-state index contributed by atoms with van der Waals surface area (Å²) in [7, 11) is 0. The number of hydrogen-bond acceptors (Lipinski definition) is 6. The topological polar surface area (TPSA) is 123 Å². The molecule has 3 rings (SSSR count). The standard InChI is InChI=1S/C20H31F2N5O2/c1-11(27(25)13-3-4-14(9-13)29-7-6-28)19(23)20(24)26-18-10-15(18)12-2-5-16(21)17(22)8-12/h2,5,8,11,13-15,18-19,28H,3-4,6-7,9-10,23,25H2,1H3,(H2,24,26). The predicted molar refractivity (Wildman–Crippen MR) is 107 cm³/mol. The lowest BCUT2D eigenvalue weighted by Gasteiger charge is -2.33. The van der Waals surface area contributed by atoms with Crippen molar-refractivity contribution < 1.29 is 18.6 Å². The van der Waals surface area contributed by atoms with Gasteiger partial charge >= 0.3 is 0 Å². The van der Waals surface area contributed by atoms with Crippen molar-refractivity contribution in [2.75, 3.05) is 13.2 Å². The fourth-order valence-electron chi connectivity index (χ4n) is 4.03. The van der Waals surface area contributed by atoms with E-state index in [1.165, 1.54) is 6.07 Å². The van der Waals surface area contributed by atoms with E-state index in [9.17, 15) is 8.78 Å². The summed E-state index contributed by atoms with van der Waals surface area (Å²) < 4.78 is 32.1. The lowest BCUT2D eigenvalue weighted by molar-refractivity contribution is 0.0257. The second-order valence-corrected chi connectivity index (χ2v) is 8.03. The number of benzene rings is 1. The normalized spacial score (nSPS) is 29.3. The number of amidine groups is 1. The highest BCUT2D eigenvalue weighted by atomic mass is 19.2. The second kappa shape index (κ2) is 9.44. The van der Waals surface area contributed by atoms with E-state index < -0.39 is 17.7 Å². The van der Waals surface area contributed by atoms with Crippen LogP contribution in [-0.2, 0) is 4.74 Å². The maximum absolute atomic E-state index is 13.4. The molecule has 0 heterocycles. The molecule has 0 saturated heterocycles. The molecule has 2 aliphatic rings. The molecule has 6 unspecified atom stereocenters. The lowest BCUT2D eigenvalue weighted by atomic mass is 10.1. The van der Waals surface area contributed by atoms with Crippen LogP contribution in [0.4, 0.5) is 8.78 Å². The third-order valence-corrected chi connectivity index (χ3v) is 6.00. The fraction of sp³-hybridized carbons (Fsp3) is 0.650. The van der Waals surface area contributed by atoms with Crippen LogP contribution in [0, 0.1) is 11.6 Å². The minimum Gasteiger partial charge on any atom is -0.394 e. The molecule has 2 aliphatic carbocycles. The van der Waals surface area contributed by atoms with Crippen molar-refractivity contribution >= 4 is 5.84 Å². The van der Waals surface area contributed by atoms with Crippen molar-refractivity contribution in [1.82, 2.24) is 5.01 Å². The van der Waals surface area contributed by atoms with Gasteiger partial charge in [-0.1, -0.05) is 6.07 Å². The van der Waals surface area contributed by atoms with E-state index in [1.807, 2.05) is 6.92 Å². The third kappa shape index (κ3) is 5.29. The average molecular weight is 411 g/mol. The molecule has 9 heteroatoms. The van der Waals surface area contributed by atoms with Gasteiger partial charge in [-0.2, -0.15) is 0 Å². The van der Waals surface area contributed by atoms with Gasteiger partial charge in [0.05, 0.1) is 31.4 Å². The molecule has 0 spiro atoms. The lowest BCUT2D eigenvalue weighted by Crippen LogP contribution is -2.58. The van der Waals surface area contributed by atoms with Crippen LogP contribution in [0.25, 0.3) is 0 Å². The Bertz CT molecular complexity index is 735. The molecular weight excluding hydrogens is 380 g/mol. The largest absolute Gasteiger partial charge is 0.394 e. The van der Waals surface area contributed by atoms with Crippen LogP contribution in [0.15, 0.2) is 23.2 Å². The van der Waals surface area contributed by atoms with Crippen molar-refractivity contribution in [3.8, 4) is 0 Å². The van der Waals surface area contributed by atoms with Gasteiger partial charge in [0.2, 0.25) is 0 Å². The summed E-state index contributed by atoms with van der Waals surface area (Å²) in [6.45, 7) is 2.25. The zero-order chi connectivity index (χ0) is 21.1. The number of hydrogen-bond donors (Lipinski definition) is 4. The number of nitrogens with two attached hydrogens (primary N) is 3. The van der Waals surface area contributed by atoms with Crippen molar-refractivity contribution in [3.63, 3.8) is 0 Å². The molecule has 0 aliphatic heterocycles. The molecule has 0 amide bonds. The molecule has 7 nitrogen and oxygen atoms in total. The second-order valence-electron chi connectivity index (χ2n) is 8.03. The predicted octanol–water partition coefficient (Wildman–Crippen LogP) is 0.999. The molecule has 1 aromatic rings. The van der Waals surface area contributed by atoms with Crippen LogP contribution in [0.5, 0.6) is 0 Å². The SMILES string of the molecule is CC(C(N)C(N)=NC1CC1c1ccc(F)c(F)c1)N(N)C1CCC(OCCO)C1. The Kier molecular flexibility index (Phi) is 7.18. The molecule has 29 heavy (non-hydrogen) atoms. The van der Waals surface area contributed by atoms with E-state index in [0.29, 0.717) is 18.0 Å². The maximum atomic E-state index is 13.4. The van der Waals surface area contributed by atoms with E-state index in [1.54, 1.807) is 11.1 Å². The van der Waals surface area contributed by atoms with Gasteiger partial charge in [0, 0.05) is 18.0 Å². The van der Waals surface area contributed by atoms with Gasteiger partial charge in [-0.25, -0.2) is 13.8 Å². The fourth-order valence-corrected chi connectivity index (χ4v) is 4.03. The van der Waals surface area contributed by atoms with Crippen molar-refractivity contribution in [1.29, 1.82) is 0 Å². The molecule has 0 bridgehead atoms. The van der Waals surface area contributed by atoms with Gasteiger partial charge in [-0.05, 0) is 50.3 Å². The smallest absolute Gasteiger partial charge is 0.159 e. The summed E-state index contributed by atoms with van der Waals surface area (Å²) in [6, 6.07) is 3.21. The first-order chi connectivity index (χ1) is 13.8. The number of aliphatic hydroxyl groups excluding tert-OH is 1. The van der Waals surface area contributed by atoms with Gasteiger partial charge < -0.3 is 21.3 Å². The van der Waals surface area contributed by atoms with Gasteiger partial charge in [-0.15, -0.1) is 0 Å². The van der Waals surface area contributed by atoms with Crippen LogP contribution in [-0.4, -0.2) is 59.4 Å². The number of aliphatic imine (C=N–C) groups is 1. The molecule has 6 atom stereocenters. The summed E-state index contributed by atoms with van der Waals surface area (Å²) >= 11 is 0. The highest BCUT2D eigenvalue weighted by molar-refractivity contribution is 5.86.